The lowest BCUT2D eigenvalue weighted by atomic mass is 10.1. The number of hydrogen-bond donors (Lipinski definition) is 1. The molecule has 2 rings (SSSR count). The summed E-state index contributed by atoms with van der Waals surface area (Å²) in [7, 11) is -3.46. The van der Waals surface area contributed by atoms with Crippen LogP contribution in [0.1, 0.15) is 40.9 Å². The molecule has 0 atom stereocenters. The normalized spacial score (nSPS) is 11.6. The van der Waals surface area contributed by atoms with Gasteiger partial charge in [-0.3, -0.25) is 4.79 Å². The fraction of sp³-hybridized carbons (Fsp3) is 0.350. The number of carbonyl (C=O) groups is 1. The second kappa shape index (κ2) is 8.47. The first kappa shape index (κ1) is 20.1. The van der Waals surface area contributed by atoms with E-state index in [1.165, 1.54) is 4.31 Å². The van der Waals surface area contributed by atoms with Crippen LogP contribution in [0.4, 0.5) is 0 Å². The Balaban J connectivity index is 2.07. The molecular formula is C20H26N2O3S. The number of amides is 1. The number of nitrogens with zero attached hydrogens (tertiary/aromatic N) is 1. The standard InChI is InChI=1S/C20H26N2O3S/c1-5-22(6-2)26(24,25)18-10-8-17(9-11-18)14-21-20(23)19-12-7-15(3)13-16(19)4/h7-13H,5-6,14H2,1-4H3,(H,21,23). The van der Waals surface area contributed by atoms with E-state index in [1.807, 2.05) is 45.9 Å². The lowest BCUT2D eigenvalue weighted by Crippen LogP contribution is -2.30. The van der Waals surface area contributed by atoms with Crippen molar-refractivity contribution in [1.82, 2.24) is 9.62 Å². The highest BCUT2D eigenvalue weighted by atomic mass is 32.2. The molecule has 1 amide bonds. The molecule has 0 fully saturated rings. The van der Waals surface area contributed by atoms with Gasteiger partial charge in [0, 0.05) is 25.2 Å². The van der Waals surface area contributed by atoms with Crippen molar-refractivity contribution < 1.29 is 13.2 Å². The van der Waals surface area contributed by atoms with E-state index < -0.39 is 10.0 Å². The Morgan fingerprint density at radius 3 is 2.15 bits per heavy atom. The Bertz CT molecular complexity index is 870. The molecule has 1 N–H and O–H groups in total. The van der Waals surface area contributed by atoms with Crippen LogP contribution in [0, 0.1) is 13.8 Å². The zero-order chi connectivity index (χ0) is 19.3. The first-order chi connectivity index (χ1) is 12.3. The van der Waals surface area contributed by atoms with Gasteiger partial charge in [-0.15, -0.1) is 0 Å². The summed E-state index contributed by atoms with van der Waals surface area (Å²) >= 11 is 0. The van der Waals surface area contributed by atoms with Crippen LogP contribution in [0.25, 0.3) is 0 Å². The first-order valence-electron chi connectivity index (χ1n) is 8.74. The molecule has 0 aliphatic rings. The molecule has 0 radical (unpaired) electrons. The minimum atomic E-state index is -3.46. The Kier molecular flexibility index (Phi) is 6.56. The third-order valence-electron chi connectivity index (χ3n) is 4.35. The van der Waals surface area contributed by atoms with Gasteiger partial charge in [0.15, 0.2) is 0 Å². The minimum absolute atomic E-state index is 0.137. The van der Waals surface area contributed by atoms with Crippen molar-refractivity contribution in [3.05, 3.63) is 64.7 Å². The summed E-state index contributed by atoms with van der Waals surface area (Å²) in [4.78, 5) is 12.6. The third kappa shape index (κ3) is 4.51. The van der Waals surface area contributed by atoms with Crippen LogP contribution in [0.2, 0.25) is 0 Å². The maximum absolute atomic E-state index is 12.5. The van der Waals surface area contributed by atoms with E-state index in [-0.39, 0.29) is 10.8 Å². The third-order valence-corrected chi connectivity index (χ3v) is 6.41. The molecule has 5 nitrogen and oxygen atoms in total. The van der Waals surface area contributed by atoms with Gasteiger partial charge in [-0.1, -0.05) is 43.7 Å². The molecule has 6 heteroatoms. The molecule has 0 aliphatic heterocycles. The van der Waals surface area contributed by atoms with Gasteiger partial charge >= 0.3 is 0 Å². The monoisotopic (exact) mass is 374 g/mol. The van der Waals surface area contributed by atoms with E-state index in [0.717, 1.165) is 16.7 Å². The summed E-state index contributed by atoms with van der Waals surface area (Å²) in [5, 5.41) is 2.88. The molecule has 0 saturated heterocycles. The van der Waals surface area contributed by atoms with E-state index in [1.54, 1.807) is 24.3 Å². The summed E-state index contributed by atoms with van der Waals surface area (Å²) in [6, 6.07) is 12.4. The second-order valence-corrected chi connectivity index (χ2v) is 8.17. The van der Waals surface area contributed by atoms with Gasteiger partial charge in [-0.25, -0.2) is 8.42 Å². The number of benzene rings is 2. The van der Waals surface area contributed by atoms with Crippen molar-refractivity contribution >= 4 is 15.9 Å². The molecule has 0 aliphatic carbocycles. The van der Waals surface area contributed by atoms with Crippen molar-refractivity contribution in [3.8, 4) is 0 Å². The Morgan fingerprint density at radius 1 is 1.00 bits per heavy atom. The molecule has 0 heterocycles. The Labute approximate surface area is 156 Å². The van der Waals surface area contributed by atoms with E-state index in [4.69, 9.17) is 0 Å². The Hall–Kier alpha value is -2.18. The van der Waals surface area contributed by atoms with Gasteiger partial charge in [0.1, 0.15) is 0 Å². The lowest BCUT2D eigenvalue weighted by molar-refractivity contribution is 0.0950. The molecule has 0 spiro atoms. The molecule has 2 aromatic rings. The van der Waals surface area contributed by atoms with Crippen molar-refractivity contribution in [1.29, 1.82) is 0 Å². The molecule has 0 saturated carbocycles. The highest BCUT2D eigenvalue weighted by Crippen LogP contribution is 2.16. The zero-order valence-electron chi connectivity index (χ0n) is 15.7. The largest absolute Gasteiger partial charge is 0.348 e. The summed E-state index contributed by atoms with van der Waals surface area (Å²) in [6.45, 7) is 8.75. The predicted octanol–water partition coefficient (Wildman–Crippen LogP) is 3.26. The van der Waals surface area contributed by atoms with E-state index in [9.17, 15) is 13.2 Å². The number of rotatable bonds is 7. The van der Waals surface area contributed by atoms with E-state index in [2.05, 4.69) is 5.32 Å². The van der Waals surface area contributed by atoms with Crippen molar-refractivity contribution in [2.24, 2.45) is 0 Å². The molecule has 0 unspecified atom stereocenters. The topological polar surface area (TPSA) is 66.5 Å². The van der Waals surface area contributed by atoms with Gasteiger partial charge in [-0.05, 0) is 43.2 Å². The SMILES string of the molecule is CCN(CC)S(=O)(=O)c1ccc(CNC(=O)c2ccc(C)cc2C)cc1. The summed E-state index contributed by atoms with van der Waals surface area (Å²) in [6.07, 6.45) is 0. The summed E-state index contributed by atoms with van der Waals surface area (Å²) in [5.41, 5.74) is 3.55. The van der Waals surface area contributed by atoms with Crippen LogP contribution in [0.3, 0.4) is 0 Å². The van der Waals surface area contributed by atoms with Gasteiger partial charge in [0.05, 0.1) is 4.90 Å². The van der Waals surface area contributed by atoms with Crippen LogP contribution in [-0.4, -0.2) is 31.7 Å². The minimum Gasteiger partial charge on any atom is -0.348 e. The number of nitrogens with one attached hydrogen (secondary N) is 1. The number of aryl methyl sites for hydroxylation is 2. The molecule has 140 valence electrons. The lowest BCUT2D eigenvalue weighted by Gasteiger charge is -2.18. The van der Waals surface area contributed by atoms with E-state index in [0.29, 0.717) is 25.2 Å². The summed E-state index contributed by atoms with van der Waals surface area (Å²) < 4.78 is 26.4. The fourth-order valence-corrected chi connectivity index (χ4v) is 4.30. The van der Waals surface area contributed by atoms with E-state index >= 15 is 0 Å². The van der Waals surface area contributed by atoms with Crippen LogP contribution < -0.4 is 5.32 Å². The van der Waals surface area contributed by atoms with Gasteiger partial charge in [-0.2, -0.15) is 4.31 Å². The van der Waals surface area contributed by atoms with Crippen molar-refractivity contribution in [3.63, 3.8) is 0 Å². The highest BCUT2D eigenvalue weighted by molar-refractivity contribution is 7.89. The molecule has 0 bridgehead atoms. The highest BCUT2D eigenvalue weighted by Gasteiger charge is 2.21. The quantitative estimate of drug-likeness (QED) is 0.809. The van der Waals surface area contributed by atoms with Crippen LogP contribution in [-0.2, 0) is 16.6 Å². The van der Waals surface area contributed by atoms with Crippen molar-refractivity contribution in [2.75, 3.05) is 13.1 Å². The average molecular weight is 375 g/mol. The predicted molar refractivity (Wildman–Crippen MR) is 104 cm³/mol. The molecule has 2 aromatic carbocycles. The van der Waals surface area contributed by atoms with Crippen molar-refractivity contribution in [2.45, 2.75) is 39.1 Å². The van der Waals surface area contributed by atoms with Crippen LogP contribution in [0.5, 0.6) is 0 Å². The first-order valence-corrected chi connectivity index (χ1v) is 10.2. The zero-order valence-corrected chi connectivity index (χ0v) is 16.6. The fourth-order valence-electron chi connectivity index (χ4n) is 2.84. The van der Waals surface area contributed by atoms with Gasteiger partial charge < -0.3 is 5.32 Å². The molecule has 26 heavy (non-hydrogen) atoms. The summed E-state index contributed by atoms with van der Waals surface area (Å²) in [5.74, 6) is -0.137. The number of hydrogen-bond acceptors (Lipinski definition) is 3. The van der Waals surface area contributed by atoms with Gasteiger partial charge in [0.25, 0.3) is 5.91 Å². The number of sulfonamides is 1. The number of carbonyl (C=O) groups excluding carboxylic acids is 1. The van der Waals surface area contributed by atoms with Crippen LogP contribution >= 0.6 is 0 Å². The Morgan fingerprint density at radius 2 is 1.62 bits per heavy atom. The smallest absolute Gasteiger partial charge is 0.251 e. The average Bonchev–Trinajstić information content (AvgIpc) is 2.61. The maximum Gasteiger partial charge on any atom is 0.251 e. The van der Waals surface area contributed by atoms with Gasteiger partial charge in [0.2, 0.25) is 10.0 Å². The molecule has 0 aromatic heterocycles. The van der Waals surface area contributed by atoms with Crippen LogP contribution in [0.15, 0.2) is 47.4 Å². The second-order valence-electron chi connectivity index (χ2n) is 6.23. The molecular weight excluding hydrogens is 348 g/mol. The maximum atomic E-state index is 12.5.